The lowest BCUT2D eigenvalue weighted by atomic mass is 9.73. The Hall–Kier alpha value is -0.0400. The summed E-state index contributed by atoms with van der Waals surface area (Å²) in [6.45, 7) is 6.02. The van der Waals surface area contributed by atoms with E-state index >= 15 is 0 Å². The first-order valence-electron chi connectivity index (χ1n) is 6.54. The fourth-order valence-electron chi connectivity index (χ4n) is 3.55. The normalized spacial score (nSPS) is 44.1. The lowest BCUT2D eigenvalue weighted by Crippen LogP contribution is -2.36. The largest absolute Gasteiger partial charge is 0.313 e. The first-order valence-corrected chi connectivity index (χ1v) is 6.54. The molecule has 82 valence electrons. The highest BCUT2D eigenvalue weighted by Gasteiger charge is 2.33. The van der Waals surface area contributed by atoms with Gasteiger partial charge in [-0.25, -0.2) is 0 Å². The molecule has 0 amide bonds. The number of nitrogens with one attached hydrogen (secondary N) is 1. The molecular formula is C13H25N. The molecule has 1 N–H and O–H groups in total. The Morgan fingerprint density at radius 3 is 2.64 bits per heavy atom. The van der Waals surface area contributed by atoms with Crippen LogP contribution in [0.4, 0.5) is 0 Å². The zero-order valence-electron chi connectivity index (χ0n) is 9.76. The molecule has 0 aromatic rings. The summed E-state index contributed by atoms with van der Waals surface area (Å²) < 4.78 is 0. The molecule has 1 aliphatic heterocycles. The molecule has 0 radical (unpaired) electrons. The molecule has 1 heteroatoms. The van der Waals surface area contributed by atoms with E-state index in [0.29, 0.717) is 0 Å². The van der Waals surface area contributed by atoms with Gasteiger partial charge in [-0.2, -0.15) is 0 Å². The molecule has 1 nitrogen and oxygen atoms in total. The van der Waals surface area contributed by atoms with Crippen LogP contribution in [0.2, 0.25) is 0 Å². The van der Waals surface area contributed by atoms with Crippen molar-refractivity contribution in [1.82, 2.24) is 5.32 Å². The monoisotopic (exact) mass is 195 g/mol. The Bertz CT molecular complexity index is 178. The van der Waals surface area contributed by atoms with Crippen LogP contribution in [0.3, 0.4) is 0 Å². The molecule has 0 aromatic heterocycles. The summed E-state index contributed by atoms with van der Waals surface area (Å²) in [5, 5.41) is 3.74. The van der Waals surface area contributed by atoms with Crippen molar-refractivity contribution in [1.29, 1.82) is 0 Å². The van der Waals surface area contributed by atoms with Gasteiger partial charge in [0.05, 0.1) is 0 Å². The molecule has 14 heavy (non-hydrogen) atoms. The van der Waals surface area contributed by atoms with E-state index in [9.17, 15) is 0 Å². The average molecular weight is 195 g/mol. The zero-order chi connectivity index (χ0) is 9.97. The Balaban J connectivity index is 1.93. The van der Waals surface area contributed by atoms with Crippen molar-refractivity contribution < 1.29 is 0 Å². The topological polar surface area (TPSA) is 12.0 Å². The Labute approximate surface area is 88.7 Å². The highest BCUT2D eigenvalue weighted by atomic mass is 15.0. The van der Waals surface area contributed by atoms with E-state index in [1.807, 2.05) is 0 Å². The third-order valence-electron chi connectivity index (χ3n) is 4.39. The number of hydrogen-bond donors (Lipinski definition) is 1. The van der Waals surface area contributed by atoms with Crippen LogP contribution in [0.1, 0.15) is 52.4 Å². The van der Waals surface area contributed by atoms with Crippen LogP contribution in [-0.4, -0.2) is 12.6 Å². The molecule has 1 saturated carbocycles. The zero-order valence-corrected chi connectivity index (χ0v) is 9.76. The molecule has 2 rings (SSSR count). The van der Waals surface area contributed by atoms with Gasteiger partial charge in [-0.05, 0) is 37.1 Å². The average Bonchev–Trinajstić information content (AvgIpc) is 2.65. The Kier molecular flexibility index (Phi) is 3.48. The van der Waals surface area contributed by atoms with Gasteiger partial charge in [-0.15, -0.1) is 0 Å². The second-order valence-electron chi connectivity index (χ2n) is 5.47. The lowest BCUT2D eigenvalue weighted by molar-refractivity contribution is 0.184. The molecule has 2 aliphatic rings. The van der Waals surface area contributed by atoms with Gasteiger partial charge >= 0.3 is 0 Å². The summed E-state index contributed by atoms with van der Waals surface area (Å²) in [6, 6.07) is 0.857. The Morgan fingerprint density at radius 2 is 2.00 bits per heavy atom. The molecule has 1 heterocycles. The van der Waals surface area contributed by atoms with Crippen LogP contribution in [0, 0.1) is 17.8 Å². The van der Waals surface area contributed by atoms with E-state index in [-0.39, 0.29) is 0 Å². The third-order valence-corrected chi connectivity index (χ3v) is 4.39. The molecule has 0 aromatic carbocycles. The van der Waals surface area contributed by atoms with E-state index in [0.717, 1.165) is 23.8 Å². The predicted octanol–water partition coefficient (Wildman–Crippen LogP) is 3.20. The van der Waals surface area contributed by atoms with Crippen LogP contribution < -0.4 is 5.32 Å². The number of rotatable bonds is 2. The van der Waals surface area contributed by atoms with Crippen LogP contribution in [0.25, 0.3) is 0 Å². The van der Waals surface area contributed by atoms with E-state index in [1.165, 1.54) is 45.1 Å². The summed E-state index contributed by atoms with van der Waals surface area (Å²) in [6.07, 6.45) is 8.78. The minimum Gasteiger partial charge on any atom is -0.313 e. The second kappa shape index (κ2) is 4.65. The molecular weight excluding hydrogens is 170 g/mol. The quantitative estimate of drug-likeness (QED) is 0.713. The minimum absolute atomic E-state index is 0.857. The molecule has 0 bridgehead atoms. The fraction of sp³-hybridized carbons (Fsp3) is 1.00. The summed E-state index contributed by atoms with van der Waals surface area (Å²) >= 11 is 0. The molecule has 1 aliphatic carbocycles. The number of hydrogen-bond acceptors (Lipinski definition) is 1. The van der Waals surface area contributed by atoms with Gasteiger partial charge in [0.15, 0.2) is 0 Å². The van der Waals surface area contributed by atoms with E-state index in [4.69, 9.17) is 0 Å². The Morgan fingerprint density at radius 1 is 1.21 bits per heavy atom. The van der Waals surface area contributed by atoms with Gasteiger partial charge in [0.2, 0.25) is 0 Å². The summed E-state index contributed by atoms with van der Waals surface area (Å²) in [4.78, 5) is 0. The molecule has 4 unspecified atom stereocenters. The molecule has 1 saturated heterocycles. The highest BCUT2D eigenvalue weighted by molar-refractivity contribution is 4.89. The maximum atomic E-state index is 3.74. The van der Waals surface area contributed by atoms with Gasteiger partial charge in [0.1, 0.15) is 0 Å². The van der Waals surface area contributed by atoms with Gasteiger partial charge in [-0.1, -0.05) is 39.5 Å². The van der Waals surface area contributed by atoms with Crippen LogP contribution in [0.5, 0.6) is 0 Å². The van der Waals surface area contributed by atoms with Gasteiger partial charge in [0, 0.05) is 6.04 Å². The van der Waals surface area contributed by atoms with Crippen molar-refractivity contribution in [2.24, 2.45) is 17.8 Å². The predicted molar refractivity (Wildman–Crippen MR) is 61.3 cm³/mol. The molecule has 4 atom stereocenters. The highest BCUT2D eigenvalue weighted by Crippen LogP contribution is 2.37. The van der Waals surface area contributed by atoms with Crippen molar-refractivity contribution in [3.8, 4) is 0 Å². The van der Waals surface area contributed by atoms with Crippen LogP contribution in [-0.2, 0) is 0 Å². The van der Waals surface area contributed by atoms with Crippen molar-refractivity contribution >= 4 is 0 Å². The SMILES string of the molecule is CCC1CCCCC1C1CC(C)CN1. The molecule has 2 fully saturated rings. The molecule has 0 spiro atoms. The lowest BCUT2D eigenvalue weighted by Gasteiger charge is -2.35. The summed E-state index contributed by atoms with van der Waals surface area (Å²) in [5.41, 5.74) is 0. The second-order valence-corrected chi connectivity index (χ2v) is 5.47. The van der Waals surface area contributed by atoms with Crippen molar-refractivity contribution in [3.63, 3.8) is 0 Å². The minimum atomic E-state index is 0.857. The fourth-order valence-corrected chi connectivity index (χ4v) is 3.55. The first-order chi connectivity index (χ1) is 6.81. The third kappa shape index (κ3) is 2.13. The van der Waals surface area contributed by atoms with E-state index in [2.05, 4.69) is 19.2 Å². The van der Waals surface area contributed by atoms with Crippen LogP contribution >= 0.6 is 0 Å². The van der Waals surface area contributed by atoms with E-state index in [1.54, 1.807) is 0 Å². The van der Waals surface area contributed by atoms with Crippen LogP contribution in [0.15, 0.2) is 0 Å². The van der Waals surface area contributed by atoms with Crippen molar-refractivity contribution in [3.05, 3.63) is 0 Å². The summed E-state index contributed by atoms with van der Waals surface area (Å²) in [5.74, 6) is 2.93. The first kappa shape index (κ1) is 10.5. The van der Waals surface area contributed by atoms with Crippen molar-refractivity contribution in [2.75, 3.05) is 6.54 Å². The van der Waals surface area contributed by atoms with Gasteiger partial charge in [0.25, 0.3) is 0 Å². The maximum absolute atomic E-state index is 3.74. The summed E-state index contributed by atoms with van der Waals surface area (Å²) in [7, 11) is 0. The van der Waals surface area contributed by atoms with E-state index < -0.39 is 0 Å². The maximum Gasteiger partial charge on any atom is 0.0101 e. The van der Waals surface area contributed by atoms with Gasteiger partial charge < -0.3 is 5.32 Å². The smallest absolute Gasteiger partial charge is 0.0101 e. The van der Waals surface area contributed by atoms with Gasteiger partial charge in [-0.3, -0.25) is 0 Å². The van der Waals surface area contributed by atoms with Crippen molar-refractivity contribution in [2.45, 2.75) is 58.4 Å². The standard InChI is InChI=1S/C13H25N/c1-3-11-6-4-5-7-12(11)13-8-10(2)9-14-13/h10-14H,3-9H2,1-2H3.